The van der Waals surface area contributed by atoms with Gasteiger partial charge in [0, 0.05) is 12.1 Å². The molecule has 1 aliphatic rings. The Morgan fingerprint density at radius 1 is 0.972 bits per heavy atom. The van der Waals surface area contributed by atoms with Gasteiger partial charge in [-0.3, -0.25) is 9.59 Å². The predicted molar refractivity (Wildman–Crippen MR) is 141 cm³/mol. The number of aryl methyl sites for hydroxylation is 1. The SMILES string of the molecule is Cc1ccc(C(O)=C2C(=O)C(=O)N(CCCN(C)C)C2c2cccc(OCc3ccccc3)c2)cc1. The summed E-state index contributed by atoms with van der Waals surface area (Å²) < 4.78 is 6.01. The van der Waals surface area contributed by atoms with Crippen molar-refractivity contribution in [2.24, 2.45) is 0 Å². The molecule has 1 unspecified atom stereocenters. The highest BCUT2D eigenvalue weighted by Crippen LogP contribution is 2.40. The fraction of sp³-hybridized carbons (Fsp3) is 0.267. The zero-order valence-electron chi connectivity index (χ0n) is 21.0. The second-order valence-electron chi connectivity index (χ2n) is 9.36. The normalized spacial score (nSPS) is 17.1. The number of rotatable bonds is 9. The number of hydrogen-bond acceptors (Lipinski definition) is 5. The van der Waals surface area contributed by atoms with Gasteiger partial charge in [-0.15, -0.1) is 0 Å². The smallest absolute Gasteiger partial charge is 0.295 e. The number of Topliss-reactive ketones (excluding diaryl/α,β-unsaturated/α-hetero) is 1. The van der Waals surface area contributed by atoms with Crippen molar-refractivity contribution in [3.63, 3.8) is 0 Å². The lowest BCUT2D eigenvalue weighted by Gasteiger charge is -2.26. The van der Waals surface area contributed by atoms with E-state index < -0.39 is 17.7 Å². The zero-order valence-corrected chi connectivity index (χ0v) is 21.0. The molecule has 0 radical (unpaired) electrons. The second kappa shape index (κ2) is 11.2. The molecule has 0 aliphatic carbocycles. The average molecular weight is 485 g/mol. The third-order valence-electron chi connectivity index (χ3n) is 6.29. The van der Waals surface area contributed by atoms with Crippen molar-refractivity contribution in [1.82, 2.24) is 9.80 Å². The molecule has 1 aliphatic heterocycles. The number of carbonyl (C=O) groups excluding carboxylic acids is 2. The van der Waals surface area contributed by atoms with E-state index in [9.17, 15) is 14.7 Å². The van der Waals surface area contributed by atoms with Crippen LogP contribution in [0, 0.1) is 6.92 Å². The number of ether oxygens (including phenoxy) is 1. The van der Waals surface area contributed by atoms with Crippen molar-refractivity contribution >= 4 is 17.4 Å². The largest absolute Gasteiger partial charge is 0.507 e. The third kappa shape index (κ3) is 5.66. The first-order valence-corrected chi connectivity index (χ1v) is 12.1. The first-order valence-electron chi connectivity index (χ1n) is 12.1. The summed E-state index contributed by atoms with van der Waals surface area (Å²) in [4.78, 5) is 30.0. The summed E-state index contributed by atoms with van der Waals surface area (Å²) >= 11 is 0. The average Bonchev–Trinajstić information content (AvgIpc) is 3.13. The van der Waals surface area contributed by atoms with Crippen LogP contribution in [0.5, 0.6) is 5.75 Å². The molecule has 0 saturated carbocycles. The van der Waals surface area contributed by atoms with Crippen LogP contribution in [0.25, 0.3) is 5.76 Å². The van der Waals surface area contributed by atoms with E-state index in [1.165, 1.54) is 0 Å². The minimum atomic E-state index is -0.700. The van der Waals surface area contributed by atoms with Crippen molar-refractivity contribution in [2.45, 2.75) is 26.0 Å². The fourth-order valence-electron chi connectivity index (χ4n) is 4.40. The monoisotopic (exact) mass is 484 g/mol. The van der Waals surface area contributed by atoms with Gasteiger partial charge in [-0.05, 0) is 57.2 Å². The lowest BCUT2D eigenvalue weighted by molar-refractivity contribution is -0.139. The zero-order chi connectivity index (χ0) is 25.7. The molecule has 6 nitrogen and oxygen atoms in total. The molecule has 0 spiro atoms. The Labute approximate surface area is 212 Å². The summed E-state index contributed by atoms with van der Waals surface area (Å²) in [5, 5.41) is 11.2. The van der Waals surface area contributed by atoms with Gasteiger partial charge in [-0.25, -0.2) is 0 Å². The maximum atomic E-state index is 13.2. The molecular weight excluding hydrogens is 452 g/mol. The number of benzene rings is 3. The Morgan fingerprint density at radius 2 is 1.69 bits per heavy atom. The van der Waals surface area contributed by atoms with Gasteiger partial charge in [0.25, 0.3) is 11.7 Å². The van der Waals surface area contributed by atoms with E-state index in [-0.39, 0.29) is 11.3 Å². The molecule has 36 heavy (non-hydrogen) atoms. The Morgan fingerprint density at radius 3 is 2.39 bits per heavy atom. The van der Waals surface area contributed by atoms with Crippen LogP contribution in [0.15, 0.2) is 84.4 Å². The number of ketones is 1. The predicted octanol–water partition coefficient (Wildman–Crippen LogP) is 4.95. The van der Waals surface area contributed by atoms with Crippen LogP contribution in [0.4, 0.5) is 0 Å². The maximum absolute atomic E-state index is 13.2. The second-order valence-corrected chi connectivity index (χ2v) is 9.36. The van der Waals surface area contributed by atoms with E-state index in [4.69, 9.17) is 4.74 Å². The highest BCUT2D eigenvalue weighted by molar-refractivity contribution is 6.46. The Bertz CT molecular complexity index is 1250. The lowest BCUT2D eigenvalue weighted by Crippen LogP contribution is -2.32. The first-order chi connectivity index (χ1) is 17.3. The van der Waals surface area contributed by atoms with Gasteiger partial charge in [0.05, 0.1) is 11.6 Å². The van der Waals surface area contributed by atoms with Crippen LogP contribution in [0.3, 0.4) is 0 Å². The van der Waals surface area contributed by atoms with Crippen LogP contribution in [0.2, 0.25) is 0 Å². The molecule has 4 rings (SSSR count). The molecule has 3 aromatic carbocycles. The molecule has 1 fully saturated rings. The molecule has 1 atom stereocenters. The van der Waals surface area contributed by atoms with E-state index in [1.807, 2.05) is 92.6 Å². The first kappa shape index (κ1) is 25.2. The molecule has 1 heterocycles. The van der Waals surface area contributed by atoms with Crippen LogP contribution < -0.4 is 4.74 Å². The Balaban J connectivity index is 1.71. The van der Waals surface area contributed by atoms with Gasteiger partial charge in [-0.2, -0.15) is 0 Å². The minimum absolute atomic E-state index is 0.105. The summed E-state index contributed by atoms with van der Waals surface area (Å²) in [5.74, 6) is -0.795. The fourth-order valence-corrected chi connectivity index (χ4v) is 4.40. The molecule has 1 N–H and O–H groups in total. The van der Waals surface area contributed by atoms with Crippen molar-refractivity contribution in [3.8, 4) is 5.75 Å². The number of aliphatic hydroxyl groups excluding tert-OH is 1. The standard InChI is InChI=1S/C30H32N2O4/c1-21-13-15-23(16-14-21)28(33)26-27(32(30(35)29(26)34)18-8-17-31(2)3)24-11-7-12-25(19-24)36-20-22-9-5-4-6-10-22/h4-7,9-16,19,27,33H,8,17-18,20H2,1-3H3. The van der Waals surface area contributed by atoms with Crippen molar-refractivity contribution < 1.29 is 19.4 Å². The molecule has 186 valence electrons. The van der Waals surface area contributed by atoms with Gasteiger partial charge in [0.2, 0.25) is 0 Å². The number of hydrogen-bond donors (Lipinski definition) is 1. The lowest BCUT2D eigenvalue weighted by atomic mass is 9.95. The summed E-state index contributed by atoms with van der Waals surface area (Å²) in [5.41, 5.74) is 3.41. The number of nitrogens with zero attached hydrogens (tertiary/aromatic N) is 2. The number of aliphatic hydroxyl groups is 1. The highest BCUT2D eigenvalue weighted by atomic mass is 16.5. The van der Waals surface area contributed by atoms with E-state index in [2.05, 4.69) is 0 Å². The maximum Gasteiger partial charge on any atom is 0.295 e. The molecule has 6 heteroatoms. The number of likely N-dealkylation sites (tertiary alicyclic amines) is 1. The number of carbonyl (C=O) groups is 2. The van der Waals surface area contributed by atoms with Crippen LogP contribution in [-0.4, -0.2) is 53.8 Å². The summed E-state index contributed by atoms with van der Waals surface area (Å²) in [7, 11) is 3.94. The van der Waals surface area contributed by atoms with E-state index in [0.717, 1.165) is 23.2 Å². The highest BCUT2D eigenvalue weighted by Gasteiger charge is 2.45. The van der Waals surface area contributed by atoms with E-state index in [0.29, 0.717) is 30.9 Å². The van der Waals surface area contributed by atoms with Crippen molar-refractivity contribution in [3.05, 3.63) is 107 Å². The minimum Gasteiger partial charge on any atom is -0.507 e. The van der Waals surface area contributed by atoms with Gasteiger partial charge in [-0.1, -0.05) is 72.3 Å². The molecule has 0 bridgehead atoms. The Kier molecular flexibility index (Phi) is 7.86. The topological polar surface area (TPSA) is 70.1 Å². The van der Waals surface area contributed by atoms with Crippen molar-refractivity contribution in [2.75, 3.05) is 27.2 Å². The van der Waals surface area contributed by atoms with Crippen LogP contribution in [0.1, 0.15) is 34.7 Å². The molecule has 1 saturated heterocycles. The number of amides is 1. The Hall–Kier alpha value is -3.90. The van der Waals surface area contributed by atoms with Gasteiger partial charge >= 0.3 is 0 Å². The molecule has 0 aromatic heterocycles. The van der Waals surface area contributed by atoms with Crippen LogP contribution in [-0.2, 0) is 16.2 Å². The van der Waals surface area contributed by atoms with E-state index >= 15 is 0 Å². The molecular formula is C30H32N2O4. The summed E-state index contributed by atoms with van der Waals surface area (Å²) in [6, 6.07) is 23.8. The third-order valence-corrected chi connectivity index (χ3v) is 6.29. The molecule has 1 amide bonds. The summed E-state index contributed by atoms with van der Waals surface area (Å²) in [6.07, 6.45) is 0.700. The van der Waals surface area contributed by atoms with Crippen molar-refractivity contribution in [1.29, 1.82) is 0 Å². The van der Waals surface area contributed by atoms with Gasteiger partial charge in [0.15, 0.2) is 0 Å². The quantitative estimate of drug-likeness (QED) is 0.264. The van der Waals surface area contributed by atoms with E-state index in [1.54, 1.807) is 17.0 Å². The van der Waals surface area contributed by atoms with Crippen LogP contribution >= 0.6 is 0 Å². The summed E-state index contributed by atoms with van der Waals surface area (Å²) in [6.45, 7) is 3.52. The van der Waals surface area contributed by atoms with Gasteiger partial charge in [0.1, 0.15) is 18.1 Å². The molecule has 3 aromatic rings. The van der Waals surface area contributed by atoms with Gasteiger partial charge < -0.3 is 19.6 Å².